The monoisotopic (exact) mass is 333 g/mol. The predicted molar refractivity (Wildman–Crippen MR) is 85.1 cm³/mol. The van der Waals surface area contributed by atoms with Gasteiger partial charge in [0.15, 0.2) is 0 Å². The Hall–Kier alpha value is -0.150. The van der Waals surface area contributed by atoms with E-state index in [1.54, 1.807) is 12.1 Å². The SMILES string of the molecule is CC1(C)C(Nc2c(Cl)cc(Cl)cc2Cl)C2CCCOC21. The van der Waals surface area contributed by atoms with Crippen LogP contribution in [-0.4, -0.2) is 18.8 Å². The molecule has 1 saturated heterocycles. The molecule has 2 fully saturated rings. The molecule has 1 N–H and O–H groups in total. The smallest absolute Gasteiger partial charge is 0.0722 e. The molecule has 1 aromatic rings. The third-order valence-electron chi connectivity index (χ3n) is 4.64. The summed E-state index contributed by atoms with van der Waals surface area (Å²) in [6.45, 7) is 5.34. The van der Waals surface area contributed by atoms with Crippen molar-refractivity contribution < 1.29 is 4.74 Å². The van der Waals surface area contributed by atoms with Crippen molar-refractivity contribution in [3.63, 3.8) is 0 Å². The van der Waals surface area contributed by atoms with Crippen molar-refractivity contribution in [2.24, 2.45) is 11.3 Å². The van der Waals surface area contributed by atoms with Crippen LogP contribution >= 0.6 is 34.8 Å². The van der Waals surface area contributed by atoms with Gasteiger partial charge in [-0.1, -0.05) is 48.7 Å². The second-order valence-corrected chi connectivity index (χ2v) is 7.54. The molecule has 3 rings (SSSR count). The van der Waals surface area contributed by atoms with Gasteiger partial charge in [0.05, 0.1) is 21.8 Å². The van der Waals surface area contributed by atoms with Gasteiger partial charge < -0.3 is 10.1 Å². The number of rotatable bonds is 2. The maximum atomic E-state index is 6.27. The summed E-state index contributed by atoms with van der Waals surface area (Å²) in [5, 5.41) is 5.22. The van der Waals surface area contributed by atoms with Crippen LogP contribution in [0.15, 0.2) is 12.1 Å². The Morgan fingerprint density at radius 1 is 1.20 bits per heavy atom. The Labute approximate surface area is 134 Å². The van der Waals surface area contributed by atoms with Gasteiger partial charge in [-0.25, -0.2) is 0 Å². The lowest BCUT2D eigenvalue weighted by molar-refractivity contribution is -0.177. The first kappa shape index (κ1) is 14.8. The number of halogens is 3. The maximum Gasteiger partial charge on any atom is 0.0722 e. The number of hydrogen-bond donors (Lipinski definition) is 1. The molecule has 0 spiro atoms. The van der Waals surface area contributed by atoms with Crippen molar-refractivity contribution >= 4 is 40.5 Å². The van der Waals surface area contributed by atoms with Gasteiger partial charge in [0.2, 0.25) is 0 Å². The van der Waals surface area contributed by atoms with Gasteiger partial charge in [-0.05, 0) is 25.0 Å². The molecule has 3 unspecified atom stereocenters. The molecule has 2 aliphatic rings. The average Bonchev–Trinajstić information content (AvgIpc) is 2.37. The molecule has 2 nitrogen and oxygen atoms in total. The van der Waals surface area contributed by atoms with Crippen LogP contribution in [0, 0.1) is 11.3 Å². The van der Waals surface area contributed by atoms with Crippen LogP contribution in [0.5, 0.6) is 0 Å². The molecule has 0 aromatic heterocycles. The van der Waals surface area contributed by atoms with E-state index in [2.05, 4.69) is 19.2 Å². The summed E-state index contributed by atoms with van der Waals surface area (Å²) in [5.74, 6) is 0.529. The molecule has 1 saturated carbocycles. The second-order valence-electron chi connectivity index (χ2n) is 6.29. The van der Waals surface area contributed by atoms with E-state index in [4.69, 9.17) is 39.5 Å². The molecule has 1 aliphatic carbocycles. The molecule has 3 atom stereocenters. The van der Waals surface area contributed by atoms with E-state index in [9.17, 15) is 0 Å². The summed E-state index contributed by atoms with van der Waals surface area (Å²) in [6.07, 6.45) is 2.64. The molecule has 20 heavy (non-hydrogen) atoms. The summed E-state index contributed by atoms with van der Waals surface area (Å²) in [7, 11) is 0. The summed E-state index contributed by atoms with van der Waals surface area (Å²) in [4.78, 5) is 0. The molecule has 1 aliphatic heterocycles. The molecule has 0 radical (unpaired) electrons. The van der Waals surface area contributed by atoms with Gasteiger partial charge in [0.1, 0.15) is 0 Å². The third-order valence-corrected chi connectivity index (χ3v) is 5.45. The van der Waals surface area contributed by atoms with Crippen molar-refractivity contribution in [1.29, 1.82) is 0 Å². The normalized spacial score (nSPS) is 31.4. The van der Waals surface area contributed by atoms with Gasteiger partial charge in [-0.3, -0.25) is 0 Å². The highest BCUT2D eigenvalue weighted by Crippen LogP contribution is 2.53. The molecule has 1 aromatic carbocycles. The van der Waals surface area contributed by atoms with Crippen molar-refractivity contribution in [1.82, 2.24) is 0 Å². The predicted octanol–water partition coefficient (Wildman–Crippen LogP) is 5.26. The number of benzene rings is 1. The molecule has 110 valence electrons. The first-order chi connectivity index (χ1) is 9.41. The topological polar surface area (TPSA) is 21.3 Å². The highest BCUT2D eigenvalue weighted by Gasteiger charge is 2.58. The van der Waals surface area contributed by atoms with E-state index in [-0.39, 0.29) is 5.41 Å². The van der Waals surface area contributed by atoms with E-state index in [1.807, 2.05) is 0 Å². The lowest BCUT2D eigenvalue weighted by atomic mass is 9.55. The number of ether oxygens (including phenoxy) is 1. The first-order valence-corrected chi connectivity index (χ1v) is 8.07. The highest BCUT2D eigenvalue weighted by atomic mass is 35.5. The molecular weight excluding hydrogens is 317 g/mol. The second kappa shape index (κ2) is 5.24. The Balaban J connectivity index is 1.85. The lowest BCUT2D eigenvalue weighted by Gasteiger charge is -2.60. The molecule has 5 heteroatoms. The molecule has 1 heterocycles. The number of fused-ring (bicyclic) bond motifs is 1. The third kappa shape index (κ3) is 2.31. The van der Waals surface area contributed by atoms with Crippen molar-refractivity contribution in [3.05, 3.63) is 27.2 Å². The minimum Gasteiger partial charge on any atom is -0.379 e. The minimum atomic E-state index is 0.0807. The summed E-state index contributed by atoms with van der Waals surface area (Å²) >= 11 is 18.5. The van der Waals surface area contributed by atoms with Crippen LogP contribution < -0.4 is 5.32 Å². The Kier molecular flexibility index (Phi) is 3.87. The van der Waals surface area contributed by atoms with Gasteiger partial charge in [-0.15, -0.1) is 0 Å². The van der Waals surface area contributed by atoms with E-state index in [0.717, 1.165) is 18.7 Å². The van der Waals surface area contributed by atoms with Crippen molar-refractivity contribution in [2.75, 3.05) is 11.9 Å². The van der Waals surface area contributed by atoms with E-state index < -0.39 is 0 Å². The van der Waals surface area contributed by atoms with Gasteiger partial charge in [-0.2, -0.15) is 0 Å². The van der Waals surface area contributed by atoms with Crippen molar-refractivity contribution in [2.45, 2.75) is 38.8 Å². The highest BCUT2D eigenvalue weighted by molar-refractivity contribution is 6.41. The number of nitrogens with one attached hydrogen (secondary N) is 1. The van der Waals surface area contributed by atoms with Crippen LogP contribution in [0.3, 0.4) is 0 Å². The van der Waals surface area contributed by atoms with Crippen LogP contribution in [0.4, 0.5) is 5.69 Å². The largest absolute Gasteiger partial charge is 0.379 e. The molecular formula is C15H18Cl3NO. The Morgan fingerprint density at radius 2 is 1.85 bits per heavy atom. The summed E-state index contributed by atoms with van der Waals surface area (Å²) < 4.78 is 5.91. The Morgan fingerprint density at radius 3 is 2.50 bits per heavy atom. The van der Waals surface area contributed by atoms with E-state index in [1.165, 1.54) is 6.42 Å². The fraction of sp³-hybridized carbons (Fsp3) is 0.600. The van der Waals surface area contributed by atoms with E-state index in [0.29, 0.717) is 33.1 Å². The quantitative estimate of drug-likeness (QED) is 0.796. The zero-order chi connectivity index (χ0) is 14.5. The molecule has 0 amide bonds. The fourth-order valence-corrected chi connectivity index (χ4v) is 4.58. The van der Waals surface area contributed by atoms with Crippen LogP contribution in [0.1, 0.15) is 26.7 Å². The summed E-state index contributed by atoms with van der Waals surface area (Å²) in [5.41, 5.74) is 0.858. The average molecular weight is 335 g/mol. The Bertz CT molecular complexity index is 509. The van der Waals surface area contributed by atoms with Crippen LogP contribution in [0.25, 0.3) is 0 Å². The first-order valence-electron chi connectivity index (χ1n) is 6.94. The zero-order valence-corrected chi connectivity index (χ0v) is 13.8. The van der Waals surface area contributed by atoms with E-state index >= 15 is 0 Å². The summed E-state index contributed by atoms with van der Waals surface area (Å²) in [6, 6.07) is 3.76. The fourth-order valence-electron chi connectivity index (χ4n) is 3.65. The zero-order valence-electron chi connectivity index (χ0n) is 11.6. The van der Waals surface area contributed by atoms with Crippen LogP contribution in [0.2, 0.25) is 15.1 Å². The van der Waals surface area contributed by atoms with Crippen LogP contribution in [-0.2, 0) is 4.74 Å². The number of hydrogen-bond acceptors (Lipinski definition) is 2. The standard InChI is InChI=1S/C15H18Cl3NO/c1-15(2)13(9-4-3-5-20-14(9)15)19-12-10(17)6-8(16)7-11(12)18/h6-7,9,13-14,19H,3-5H2,1-2H3. The van der Waals surface area contributed by atoms with Gasteiger partial charge >= 0.3 is 0 Å². The molecule has 0 bridgehead atoms. The lowest BCUT2D eigenvalue weighted by Crippen LogP contribution is -2.67. The maximum absolute atomic E-state index is 6.27. The van der Waals surface area contributed by atoms with Gasteiger partial charge in [0.25, 0.3) is 0 Å². The van der Waals surface area contributed by atoms with Gasteiger partial charge in [0, 0.05) is 29.0 Å². The van der Waals surface area contributed by atoms with Crippen molar-refractivity contribution in [3.8, 4) is 0 Å². The minimum absolute atomic E-state index is 0.0807. The number of anilines is 1.